The maximum atomic E-state index is 6.09. The first-order valence-electron chi connectivity index (χ1n) is 6.33. The molecule has 0 aliphatic carbocycles. The Kier molecular flexibility index (Phi) is 4.91. The van der Waals surface area contributed by atoms with Gasteiger partial charge in [-0.15, -0.1) is 0 Å². The molecule has 0 amide bonds. The Hall–Kier alpha value is -1.23. The fraction of sp³-hybridized carbons (Fsp3) is 0.357. The van der Waals surface area contributed by atoms with E-state index in [9.17, 15) is 0 Å². The van der Waals surface area contributed by atoms with Crippen LogP contribution in [0.2, 0.25) is 10.0 Å². The van der Waals surface area contributed by atoms with Gasteiger partial charge < -0.3 is 10.1 Å². The lowest BCUT2D eigenvalue weighted by atomic mass is 10.0. The van der Waals surface area contributed by atoms with Crippen molar-refractivity contribution in [3.05, 3.63) is 45.7 Å². The summed E-state index contributed by atoms with van der Waals surface area (Å²) in [4.78, 5) is 0. The SMILES string of the molecule is CCn1ncc(OC)c1C(NC)c1cc(Cl)cc(Cl)c1. The minimum Gasteiger partial charge on any atom is -0.493 e. The highest BCUT2D eigenvalue weighted by molar-refractivity contribution is 6.34. The summed E-state index contributed by atoms with van der Waals surface area (Å²) in [5.41, 5.74) is 1.93. The van der Waals surface area contributed by atoms with Crippen LogP contribution in [0.1, 0.15) is 24.2 Å². The maximum absolute atomic E-state index is 6.09. The lowest BCUT2D eigenvalue weighted by molar-refractivity contribution is 0.401. The van der Waals surface area contributed by atoms with Crippen molar-refractivity contribution < 1.29 is 4.74 Å². The summed E-state index contributed by atoms with van der Waals surface area (Å²) in [6.07, 6.45) is 1.72. The molecule has 0 saturated heterocycles. The van der Waals surface area contributed by atoms with Crippen molar-refractivity contribution in [3.8, 4) is 5.75 Å². The summed E-state index contributed by atoms with van der Waals surface area (Å²) in [7, 11) is 3.52. The van der Waals surface area contributed by atoms with Crippen LogP contribution in [0, 0.1) is 0 Å². The number of rotatable bonds is 5. The third-order valence-corrected chi connectivity index (χ3v) is 3.58. The third kappa shape index (κ3) is 2.92. The number of hydrogen-bond acceptors (Lipinski definition) is 3. The van der Waals surface area contributed by atoms with Crippen LogP contribution in [0.4, 0.5) is 0 Å². The monoisotopic (exact) mass is 313 g/mol. The molecule has 1 aromatic carbocycles. The highest BCUT2D eigenvalue weighted by atomic mass is 35.5. The second kappa shape index (κ2) is 6.48. The Morgan fingerprint density at radius 2 is 1.95 bits per heavy atom. The molecule has 1 unspecified atom stereocenters. The van der Waals surface area contributed by atoms with Crippen molar-refractivity contribution in [3.63, 3.8) is 0 Å². The zero-order valence-corrected chi connectivity index (χ0v) is 13.2. The van der Waals surface area contributed by atoms with Crippen molar-refractivity contribution in [1.29, 1.82) is 0 Å². The predicted octanol–water partition coefficient (Wildman–Crippen LogP) is 3.53. The molecule has 0 spiro atoms. The predicted molar refractivity (Wildman–Crippen MR) is 81.8 cm³/mol. The number of aryl methyl sites for hydroxylation is 1. The van der Waals surface area contributed by atoms with Gasteiger partial charge in [-0.2, -0.15) is 5.10 Å². The molecule has 1 heterocycles. The molecule has 0 fully saturated rings. The second-order valence-electron chi connectivity index (χ2n) is 4.34. The molecule has 2 aromatic rings. The zero-order chi connectivity index (χ0) is 14.7. The molecule has 20 heavy (non-hydrogen) atoms. The average Bonchev–Trinajstić information content (AvgIpc) is 2.81. The lowest BCUT2D eigenvalue weighted by Gasteiger charge is -2.20. The van der Waals surface area contributed by atoms with Gasteiger partial charge in [0.15, 0.2) is 5.75 Å². The number of halogens is 2. The summed E-state index contributed by atoms with van der Waals surface area (Å²) in [5.74, 6) is 0.738. The molecule has 1 aromatic heterocycles. The standard InChI is InChI=1S/C14H17Cl2N3O/c1-4-19-14(12(20-3)8-18-19)13(17-2)9-5-10(15)7-11(16)6-9/h5-8,13,17H,4H2,1-3H3. The molecule has 2 rings (SSSR count). The van der Waals surface area contributed by atoms with Crippen molar-refractivity contribution in [2.75, 3.05) is 14.2 Å². The quantitative estimate of drug-likeness (QED) is 0.918. The fourth-order valence-electron chi connectivity index (χ4n) is 2.28. The third-order valence-electron chi connectivity index (χ3n) is 3.14. The molecule has 6 heteroatoms. The second-order valence-corrected chi connectivity index (χ2v) is 5.21. The number of nitrogens with one attached hydrogen (secondary N) is 1. The van der Waals surface area contributed by atoms with Crippen LogP contribution < -0.4 is 10.1 Å². The number of nitrogens with zero attached hydrogens (tertiary/aromatic N) is 2. The topological polar surface area (TPSA) is 39.1 Å². The Morgan fingerprint density at radius 1 is 1.30 bits per heavy atom. The van der Waals surface area contributed by atoms with Gasteiger partial charge in [0, 0.05) is 16.6 Å². The van der Waals surface area contributed by atoms with E-state index in [0.29, 0.717) is 10.0 Å². The number of aromatic nitrogens is 2. The molecule has 0 saturated carbocycles. The smallest absolute Gasteiger partial charge is 0.161 e. The van der Waals surface area contributed by atoms with Gasteiger partial charge in [-0.3, -0.25) is 4.68 Å². The van der Waals surface area contributed by atoms with Gasteiger partial charge in [-0.1, -0.05) is 23.2 Å². The van der Waals surface area contributed by atoms with E-state index in [4.69, 9.17) is 27.9 Å². The van der Waals surface area contributed by atoms with E-state index in [1.54, 1.807) is 19.4 Å². The molecule has 0 aliphatic rings. The Bertz CT molecular complexity index is 556. The lowest BCUT2D eigenvalue weighted by Crippen LogP contribution is -2.22. The van der Waals surface area contributed by atoms with Crippen molar-refractivity contribution in [2.45, 2.75) is 19.5 Å². The first kappa shape index (κ1) is 15.2. The molecule has 0 bridgehead atoms. The van der Waals surface area contributed by atoms with E-state index in [-0.39, 0.29) is 6.04 Å². The van der Waals surface area contributed by atoms with E-state index >= 15 is 0 Å². The maximum Gasteiger partial charge on any atom is 0.161 e. The van der Waals surface area contributed by atoms with Gasteiger partial charge in [0.05, 0.1) is 19.3 Å². The Balaban J connectivity index is 2.54. The molecule has 4 nitrogen and oxygen atoms in total. The van der Waals surface area contributed by atoms with Crippen molar-refractivity contribution in [2.24, 2.45) is 0 Å². The molecular formula is C14H17Cl2N3O. The number of ether oxygens (including phenoxy) is 1. The average molecular weight is 314 g/mol. The Labute approximate surface area is 128 Å². The van der Waals surface area contributed by atoms with Crippen LogP contribution in [0.15, 0.2) is 24.4 Å². The van der Waals surface area contributed by atoms with Crippen LogP contribution in [0.25, 0.3) is 0 Å². The Morgan fingerprint density at radius 3 is 2.45 bits per heavy atom. The molecular weight excluding hydrogens is 297 g/mol. The van der Waals surface area contributed by atoms with Gasteiger partial charge in [-0.25, -0.2) is 0 Å². The summed E-state index contributed by atoms with van der Waals surface area (Å²) in [5, 5.41) is 8.81. The molecule has 1 atom stereocenters. The molecule has 108 valence electrons. The van der Waals surface area contributed by atoms with Crippen LogP contribution >= 0.6 is 23.2 Å². The van der Waals surface area contributed by atoms with Gasteiger partial charge >= 0.3 is 0 Å². The summed E-state index contributed by atoms with van der Waals surface area (Å²) in [6.45, 7) is 2.79. The highest BCUT2D eigenvalue weighted by Crippen LogP contribution is 2.32. The summed E-state index contributed by atoms with van der Waals surface area (Å²) >= 11 is 12.2. The highest BCUT2D eigenvalue weighted by Gasteiger charge is 2.22. The number of benzene rings is 1. The normalized spacial score (nSPS) is 12.4. The summed E-state index contributed by atoms with van der Waals surface area (Å²) in [6, 6.07) is 5.40. The van der Waals surface area contributed by atoms with Gasteiger partial charge in [0.1, 0.15) is 5.69 Å². The first-order chi connectivity index (χ1) is 9.60. The van der Waals surface area contributed by atoms with Crippen LogP contribution in [0.3, 0.4) is 0 Å². The van der Waals surface area contributed by atoms with Gasteiger partial charge in [-0.05, 0) is 37.7 Å². The van der Waals surface area contributed by atoms with E-state index < -0.39 is 0 Å². The van der Waals surface area contributed by atoms with E-state index in [1.807, 2.05) is 30.8 Å². The zero-order valence-electron chi connectivity index (χ0n) is 11.7. The van der Waals surface area contributed by atoms with Crippen LogP contribution in [-0.2, 0) is 6.54 Å². The molecule has 0 radical (unpaired) electrons. The largest absolute Gasteiger partial charge is 0.493 e. The van der Waals surface area contributed by atoms with Gasteiger partial charge in [0.25, 0.3) is 0 Å². The van der Waals surface area contributed by atoms with Crippen LogP contribution in [0.5, 0.6) is 5.75 Å². The summed E-state index contributed by atoms with van der Waals surface area (Å²) < 4.78 is 7.30. The minimum atomic E-state index is -0.0939. The van der Waals surface area contributed by atoms with E-state index in [0.717, 1.165) is 23.6 Å². The number of hydrogen-bond donors (Lipinski definition) is 1. The van der Waals surface area contributed by atoms with E-state index in [1.165, 1.54) is 0 Å². The molecule has 1 N–H and O–H groups in total. The molecule has 0 aliphatic heterocycles. The van der Waals surface area contributed by atoms with Crippen molar-refractivity contribution in [1.82, 2.24) is 15.1 Å². The fourth-order valence-corrected chi connectivity index (χ4v) is 2.82. The van der Waals surface area contributed by atoms with Gasteiger partial charge in [0.2, 0.25) is 0 Å². The van der Waals surface area contributed by atoms with Crippen molar-refractivity contribution >= 4 is 23.2 Å². The first-order valence-corrected chi connectivity index (χ1v) is 7.09. The number of methoxy groups -OCH3 is 1. The van der Waals surface area contributed by atoms with Crippen LogP contribution in [-0.4, -0.2) is 23.9 Å². The van der Waals surface area contributed by atoms with E-state index in [2.05, 4.69) is 10.4 Å². The minimum absolute atomic E-state index is 0.0939.